The van der Waals surface area contributed by atoms with Crippen LogP contribution in [0.15, 0.2) is 18.2 Å². The van der Waals surface area contributed by atoms with E-state index in [0.717, 1.165) is 11.4 Å². The molecule has 13 heavy (non-hydrogen) atoms. The van der Waals surface area contributed by atoms with E-state index in [1.165, 1.54) is 5.56 Å². The molecule has 1 aromatic heterocycles. The van der Waals surface area contributed by atoms with Gasteiger partial charge in [-0.15, -0.1) is 0 Å². The molecule has 0 saturated carbocycles. The van der Waals surface area contributed by atoms with Gasteiger partial charge >= 0.3 is 0 Å². The standard InChI is InChI=1S/C10H13N.C2H6/c1-4-5-10-8(2)6-7-9(3)11-10;1-2/h4-7H,1-3H3;1-2H3/b5-4-;. The summed E-state index contributed by atoms with van der Waals surface area (Å²) in [5.41, 5.74) is 3.38. The lowest BCUT2D eigenvalue weighted by atomic mass is 10.2. The highest BCUT2D eigenvalue weighted by Crippen LogP contribution is 2.07. The first kappa shape index (κ1) is 11.9. The van der Waals surface area contributed by atoms with Gasteiger partial charge in [0.1, 0.15) is 0 Å². The number of hydrogen-bond acceptors (Lipinski definition) is 1. The van der Waals surface area contributed by atoms with Crippen molar-refractivity contribution in [2.24, 2.45) is 0 Å². The van der Waals surface area contributed by atoms with Crippen LogP contribution in [-0.4, -0.2) is 4.98 Å². The van der Waals surface area contributed by atoms with Gasteiger partial charge in [0.25, 0.3) is 0 Å². The Morgan fingerprint density at radius 2 is 1.77 bits per heavy atom. The number of allylic oxidation sites excluding steroid dienone is 1. The fraction of sp³-hybridized carbons (Fsp3) is 0.417. The maximum Gasteiger partial charge on any atom is 0.0658 e. The highest BCUT2D eigenvalue weighted by molar-refractivity contribution is 5.48. The Morgan fingerprint density at radius 1 is 1.15 bits per heavy atom. The fourth-order valence-electron chi connectivity index (χ4n) is 0.973. The summed E-state index contributed by atoms with van der Waals surface area (Å²) in [4.78, 5) is 4.38. The number of nitrogens with zero attached hydrogens (tertiary/aromatic N) is 1. The Labute approximate surface area is 81.5 Å². The van der Waals surface area contributed by atoms with Gasteiger partial charge in [-0.25, -0.2) is 0 Å². The molecule has 1 aromatic rings. The van der Waals surface area contributed by atoms with Crippen molar-refractivity contribution in [2.45, 2.75) is 34.6 Å². The minimum atomic E-state index is 1.07. The van der Waals surface area contributed by atoms with Crippen LogP contribution >= 0.6 is 0 Å². The number of pyridine rings is 1. The molecule has 0 aromatic carbocycles. The topological polar surface area (TPSA) is 12.9 Å². The molecule has 0 atom stereocenters. The molecule has 1 rings (SSSR count). The van der Waals surface area contributed by atoms with Gasteiger partial charge in [0, 0.05) is 5.69 Å². The third-order valence-electron chi connectivity index (χ3n) is 1.60. The Balaban J connectivity index is 0.000000671. The van der Waals surface area contributed by atoms with Crippen LogP contribution in [0, 0.1) is 13.8 Å². The SMILES string of the molecule is C/C=C\c1nc(C)ccc1C.CC. The van der Waals surface area contributed by atoms with Crippen LogP contribution in [-0.2, 0) is 0 Å². The van der Waals surface area contributed by atoms with Crippen molar-refractivity contribution in [1.82, 2.24) is 4.98 Å². The summed E-state index contributed by atoms with van der Waals surface area (Å²) < 4.78 is 0. The van der Waals surface area contributed by atoms with E-state index in [0.29, 0.717) is 0 Å². The van der Waals surface area contributed by atoms with E-state index in [2.05, 4.69) is 18.0 Å². The molecule has 72 valence electrons. The van der Waals surface area contributed by atoms with E-state index in [1.807, 2.05) is 45.9 Å². The minimum Gasteiger partial charge on any atom is -0.254 e. The Kier molecular flexibility index (Phi) is 5.86. The van der Waals surface area contributed by atoms with E-state index in [-0.39, 0.29) is 0 Å². The lowest BCUT2D eigenvalue weighted by molar-refractivity contribution is 1.15. The Morgan fingerprint density at radius 3 is 2.31 bits per heavy atom. The van der Waals surface area contributed by atoms with Crippen LogP contribution < -0.4 is 0 Å². The molecule has 0 aliphatic rings. The van der Waals surface area contributed by atoms with Gasteiger partial charge in [-0.05, 0) is 38.5 Å². The lowest BCUT2D eigenvalue weighted by Gasteiger charge is -1.99. The number of hydrogen-bond donors (Lipinski definition) is 0. The average molecular weight is 177 g/mol. The fourth-order valence-corrected chi connectivity index (χ4v) is 0.973. The van der Waals surface area contributed by atoms with Gasteiger partial charge in [0.2, 0.25) is 0 Å². The van der Waals surface area contributed by atoms with Gasteiger partial charge < -0.3 is 0 Å². The molecule has 1 heteroatoms. The van der Waals surface area contributed by atoms with Crippen molar-refractivity contribution in [1.29, 1.82) is 0 Å². The smallest absolute Gasteiger partial charge is 0.0658 e. The molecule has 1 nitrogen and oxygen atoms in total. The summed E-state index contributed by atoms with van der Waals surface area (Å²) in [5, 5.41) is 0. The monoisotopic (exact) mass is 177 g/mol. The molecule has 0 bridgehead atoms. The van der Waals surface area contributed by atoms with Gasteiger partial charge in [-0.3, -0.25) is 4.98 Å². The van der Waals surface area contributed by atoms with Crippen molar-refractivity contribution < 1.29 is 0 Å². The van der Waals surface area contributed by atoms with E-state index in [9.17, 15) is 0 Å². The molecule has 0 saturated heterocycles. The molecule has 0 amide bonds. The molecule has 0 spiro atoms. The first-order valence-corrected chi connectivity index (χ1v) is 4.81. The number of aromatic nitrogens is 1. The maximum absolute atomic E-state index is 4.38. The second-order valence-corrected chi connectivity index (χ2v) is 2.65. The largest absolute Gasteiger partial charge is 0.254 e. The molecule has 1 heterocycles. The maximum atomic E-state index is 4.38. The first-order chi connectivity index (χ1) is 6.24. The zero-order valence-electron chi connectivity index (χ0n) is 9.26. The van der Waals surface area contributed by atoms with Crippen LogP contribution in [0.5, 0.6) is 0 Å². The van der Waals surface area contributed by atoms with Crippen LogP contribution in [0.25, 0.3) is 6.08 Å². The molecular formula is C12H19N. The highest BCUT2D eigenvalue weighted by atomic mass is 14.7. The molecule has 0 N–H and O–H groups in total. The zero-order chi connectivity index (χ0) is 10.3. The van der Waals surface area contributed by atoms with E-state index in [1.54, 1.807) is 0 Å². The quantitative estimate of drug-likeness (QED) is 0.636. The first-order valence-electron chi connectivity index (χ1n) is 4.81. The van der Waals surface area contributed by atoms with E-state index >= 15 is 0 Å². The summed E-state index contributed by atoms with van der Waals surface area (Å²) in [6.07, 6.45) is 4.04. The highest BCUT2D eigenvalue weighted by Gasteiger charge is 1.93. The van der Waals surface area contributed by atoms with Crippen LogP contribution in [0.3, 0.4) is 0 Å². The summed E-state index contributed by atoms with van der Waals surface area (Å²) in [6.45, 7) is 10.1. The van der Waals surface area contributed by atoms with Crippen molar-refractivity contribution in [3.8, 4) is 0 Å². The lowest BCUT2D eigenvalue weighted by Crippen LogP contribution is -1.88. The van der Waals surface area contributed by atoms with Crippen molar-refractivity contribution in [3.05, 3.63) is 35.2 Å². The van der Waals surface area contributed by atoms with Gasteiger partial charge in [0.15, 0.2) is 0 Å². The third-order valence-corrected chi connectivity index (χ3v) is 1.60. The average Bonchev–Trinajstić information content (AvgIpc) is 2.15. The van der Waals surface area contributed by atoms with E-state index in [4.69, 9.17) is 0 Å². The molecule has 0 aliphatic carbocycles. The van der Waals surface area contributed by atoms with Gasteiger partial charge in [-0.1, -0.05) is 26.0 Å². The van der Waals surface area contributed by atoms with Crippen LogP contribution in [0.1, 0.15) is 37.7 Å². The van der Waals surface area contributed by atoms with Gasteiger partial charge in [-0.2, -0.15) is 0 Å². The van der Waals surface area contributed by atoms with Crippen LogP contribution in [0.4, 0.5) is 0 Å². The molecule has 0 fully saturated rings. The third kappa shape index (κ3) is 3.88. The van der Waals surface area contributed by atoms with Crippen molar-refractivity contribution in [3.63, 3.8) is 0 Å². The zero-order valence-corrected chi connectivity index (χ0v) is 9.26. The Hall–Kier alpha value is -1.11. The second-order valence-electron chi connectivity index (χ2n) is 2.65. The minimum absolute atomic E-state index is 1.07. The number of rotatable bonds is 1. The molecule has 0 aliphatic heterocycles. The molecule has 0 unspecified atom stereocenters. The van der Waals surface area contributed by atoms with E-state index < -0.39 is 0 Å². The second kappa shape index (κ2) is 6.41. The number of aryl methyl sites for hydroxylation is 2. The van der Waals surface area contributed by atoms with Crippen LogP contribution in [0.2, 0.25) is 0 Å². The Bertz CT molecular complexity index is 274. The summed E-state index contributed by atoms with van der Waals surface area (Å²) >= 11 is 0. The van der Waals surface area contributed by atoms with Crippen molar-refractivity contribution >= 4 is 6.08 Å². The van der Waals surface area contributed by atoms with Crippen molar-refractivity contribution in [2.75, 3.05) is 0 Å². The summed E-state index contributed by atoms with van der Waals surface area (Å²) in [5.74, 6) is 0. The predicted molar refractivity (Wildman–Crippen MR) is 59.8 cm³/mol. The normalized spacial score (nSPS) is 9.62. The van der Waals surface area contributed by atoms with Gasteiger partial charge in [0.05, 0.1) is 5.69 Å². The predicted octanol–water partition coefficient (Wildman–Crippen LogP) is 3.76. The summed E-state index contributed by atoms with van der Waals surface area (Å²) in [6, 6.07) is 4.12. The molecular weight excluding hydrogens is 158 g/mol. The summed E-state index contributed by atoms with van der Waals surface area (Å²) in [7, 11) is 0. The molecule has 0 radical (unpaired) electrons.